The summed E-state index contributed by atoms with van der Waals surface area (Å²) < 4.78 is 13.0. The van der Waals surface area contributed by atoms with E-state index in [1.54, 1.807) is 12.1 Å². The lowest BCUT2D eigenvalue weighted by Gasteiger charge is -2.32. The second kappa shape index (κ2) is 5.32. The largest absolute Gasteiger partial charge is 0.323 e. The number of halogens is 2. The van der Waals surface area contributed by atoms with Crippen molar-refractivity contribution in [3.63, 3.8) is 0 Å². The zero-order valence-corrected chi connectivity index (χ0v) is 11.8. The Morgan fingerprint density at radius 3 is 2.05 bits per heavy atom. The van der Waals surface area contributed by atoms with Crippen molar-refractivity contribution < 1.29 is 4.39 Å². The second-order valence-electron chi connectivity index (χ2n) is 5.26. The zero-order chi connectivity index (χ0) is 14.0. The lowest BCUT2D eigenvalue weighted by atomic mass is 9.75. The van der Waals surface area contributed by atoms with E-state index in [-0.39, 0.29) is 17.3 Å². The fraction of sp³-hybridized carbons (Fsp3) is 0.250. The van der Waals surface area contributed by atoms with Crippen LogP contribution in [0, 0.1) is 5.82 Å². The summed E-state index contributed by atoms with van der Waals surface area (Å²) in [5.41, 5.74) is 8.09. The van der Waals surface area contributed by atoms with Crippen molar-refractivity contribution in [1.82, 2.24) is 0 Å². The standard InChI is InChI=1S/C16H17ClFN/c1-16(2,12-5-9-14(18)10-6-12)15(19)11-3-7-13(17)8-4-11/h3-10,15H,19H2,1-2H3. The number of hydrogen-bond acceptors (Lipinski definition) is 1. The third-order valence-corrected chi connectivity index (χ3v) is 3.85. The van der Waals surface area contributed by atoms with Gasteiger partial charge in [-0.25, -0.2) is 4.39 Å². The van der Waals surface area contributed by atoms with Crippen LogP contribution in [0.15, 0.2) is 48.5 Å². The third-order valence-electron chi connectivity index (χ3n) is 3.59. The number of benzene rings is 2. The topological polar surface area (TPSA) is 26.0 Å². The van der Waals surface area contributed by atoms with Gasteiger partial charge in [-0.3, -0.25) is 0 Å². The average Bonchev–Trinajstić information content (AvgIpc) is 2.39. The Labute approximate surface area is 118 Å². The molecule has 0 spiro atoms. The third kappa shape index (κ3) is 2.96. The number of rotatable bonds is 3. The van der Waals surface area contributed by atoms with E-state index in [0.29, 0.717) is 5.02 Å². The maximum atomic E-state index is 13.0. The van der Waals surface area contributed by atoms with Crippen LogP contribution < -0.4 is 5.73 Å². The van der Waals surface area contributed by atoms with Crippen LogP contribution in [0.5, 0.6) is 0 Å². The minimum Gasteiger partial charge on any atom is -0.323 e. The molecular formula is C16H17ClFN. The van der Waals surface area contributed by atoms with Crippen molar-refractivity contribution in [2.75, 3.05) is 0 Å². The zero-order valence-electron chi connectivity index (χ0n) is 11.0. The first-order valence-electron chi connectivity index (χ1n) is 6.18. The van der Waals surface area contributed by atoms with Crippen LogP contribution in [0.1, 0.15) is 31.0 Å². The molecule has 0 fully saturated rings. The quantitative estimate of drug-likeness (QED) is 0.881. The minimum absolute atomic E-state index is 0.185. The molecule has 1 unspecified atom stereocenters. The molecular weight excluding hydrogens is 261 g/mol. The molecule has 2 aromatic carbocycles. The van der Waals surface area contributed by atoms with Gasteiger partial charge in [0.2, 0.25) is 0 Å². The summed E-state index contributed by atoms with van der Waals surface area (Å²) in [6.07, 6.45) is 0. The normalized spacial score (nSPS) is 13.3. The van der Waals surface area contributed by atoms with Crippen LogP contribution in [0.4, 0.5) is 4.39 Å². The van der Waals surface area contributed by atoms with Crippen LogP contribution in [-0.2, 0) is 5.41 Å². The summed E-state index contributed by atoms with van der Waals surface area (Å²) in [5.74, 6) is -0.236. The van der Waals surface area contributed by atoms with Crippen molar-refractivity contribution in [3.05, 3.63) is 70.5 Å². The molecule has 0 aromatic heterocycles. The molecule has 1 atom stereocenters. The Hall–Kier alpha value is -1.38. The van der Waals surface area contributed by atoms with Crippen molar-refractivity contribution in [1.29, 1.82) is 0 Å². The van der Waals surface area contributed by atoms with E-state index in [1.165, 1.54) is 12.1 Å². The SMILES string of the molecule is CC(C)(c1ccc(F)cc1)C(N)c1ccc(Cl)cc1. The Bertz CT molecular complexity index is 546. The lowest BCUT2D eigenvalue weighted by molar-refractivity contribution is 0.420. The van der Waals surface area contributed by atoms with Gasteiger partial charge in [0.25, 0.3) is 0 Å². The van der Waals surface area contributed by atoms with Crippen LogP contribution in [0.2, 0.25) is 5.02 Å². The first-order valence-corrected chi connectivity index (χ1v) is 6.56. The van der Waals surface area contributed by atoms with E-state index in [0.717, 1.165) is 11.1 Å². The minimum atomic E-state index is -0.290. The highest BCUT2D eigenvalue weighted by molar-refractivity contribution is 6.30. The van der Waals surface area contributed by atoms with E-state index < -0.39 is 0 Å². The average molecular weight is 278 g/mol. The monoisotopic (exact) mass is 277 g/mol. The fourth-order valence-corrected chi connectivity index (χ4v) is 2.27. The van der Waals surface area contributed by atoms with E-state index in [1.807, 2.05) is 24.3 Å². The summed E-state index contributed by atoms with van der Waals surface area (Å²) in [5, 5.41) is 0.690. The summed E-state index contributed by atoms with van der Waals surface area (Å²) >= 11 is 5.88. The summed E-state index contributed by atoms with van der Waals surface area (Å²) in [6, 6.07) is 13.8. The van der Waals surface area contributed by atoms with Gasteiger partial charge in [0.15, 0.2) is 0 Å². The Kier molecular flexibility index (Phi) is 3.93. The molecule has 0 aliphatic heterocycles. The van der Waals surface area contributed by atoms with Crippen molar-refractivity contribution >= 4 is 11.6 Å². The highest BCUT2D eigenvalue weighted by Crippen LogP contribution is 2.35. The smallest absolute Gasteiger partial charge is 0.123 e. The van der Waals surface area contributed by atoms with Gasteiger partial charge in [-0.15, -0.1) is 0 Å². The number of nitrogens with two attached hydrogens (primary N) is 1. The van der Waals surface area contributed by atoms with Gasteiger partial charge in [-0.05, 0) is 35.4 Å². The Morgan fingerprint density at radius 2 is 1.53 bits per heavy atom. The summed E-state index contributed by atoms with van der Waals surface area (Å²) in [7, 11) is 0. The molecule has 100 valence electrons. The molecule has 0 radical (unpaired) electrons. The van der Waals surface area contributed by atoms with Gasteiger partial charge >= 0.3 is 0 Å². The Balaban J connectivity index is 2.32. The molecule has 2 rings (SSSR count). The van der Waals surface area contributed by atoms with Crippen molar-refractivity contribution in [2.45, 2.75) is 25.3 Å². The first-order chi connectivity index (χ1) is 8.91. The van der Waals surface area contributed by atoms with E-state index in [2.05, 4.69) is 13.8 Å². The van der Waals surface area contributed by atoms with E-state index in [9.17, 15) is 4.39 Å². The van der Waals surface area contributed by atoms with E-state index in [4.69, 9.17) is 17.3 Å². The predicted molar refractivity (Wildman–Crippen MR) is 77.8 cm³/mol. The van der Waals surface area contributed by atoms with Crippen LogP contribution in [0.25, 0.3) is 0 Å². The van der Waals surface area contributed by atoms with Gasteiger partial charge < -0.3 is 5.73 Å². The lowest BCUT2D eigenvalue weighted by Crippen LogP contribution is -2.33. The molecule has 0 bridgehead atoms. The first kappa shape index (κ1) is 14.0. The molecule has 0 aliphatic carbocycles. The molecule has 19 heavy (non-hydrogen) atoms. The molecule has 2 N–H and O–H groups in total. The molecule has 0 amide bonds. The van der Waals surface area contributed by atoms with Crippen LogP contribution in [-0.4, -0.2) is 0 Å². The maximum Gasteiger partial charge on any atom is 0.123 e. The summed E-state index contributed by atoms with van der Waals surface area (Å²) in [4.78, 5) is 0. The molecule has 2 aromatic rings. The molecule has 0 aliphatic rings. The van der Waals surface area contributed by atoms with Gasteiger partial charge in [-0.1, -0.05) is 49.7 Å². The highest BCUT2D eigenvalue weighted by Gasteiger charge is 2.29. The number of hydrogen-bond donors (Lipinski definition) is 1. The second-order valence-corrected chi connectivity index (χ2v) is 5.69. The predicted octanol–water partition coefficient (Wildman–Crippen LogP) is 4.46. The molecule has 0 heterocycles. The van der Waals surface area contributed by atoms with Gasteiger partial charge in [0.1, 0.15) is 5.82 Å². The fourth-order valence-electron chi connectivity index (χ4n) is 2.15. The van der Waals surface area contributed by atoms with Crippen molar-refractivity contribution in [2.24, 2.45) is 5.73 Å². The van der Waals surface area contributed by atoms with Crippen molar-refractivity contribution in [3.8, 4) is 0 Å². The van der Waals surface area contributed by atoms with E-state index >= 15 is 0 Å². The Morgan fingerprint density at radius 1 is 1.00 bits per heavy atom. The molecule has 3 heteroatoms. The highest BCUT2D eigenvalue weighted by atomic mass is 35.5. The van der Waals surface area contributed by atoms with Crippen LogP contribution >= 0.6 is 11.6 Å². The van der Waals surface area contributed by atoms with Gasteiger partial charge in [0, 0.05) is 16.5 Å². The summed E-state index contributed by atoms with van der Waals surface area (Å²) in [6.45, 7) is 4.11. The molecule has 1 nitrogen and oxygen atoms in total. The maximum absolute atomic E-state index is 13.0. The van der Waals surface area contributed by atoms with Crippen LogP contribution in [0.3, 0.4) is 0 Å². The molecule has 0 saturated carbocycles. The van der Waals surface area contributed by atoms with Gasteiger partial charge in [-0.2, -0.15) is 0 Å². The molecule has 0 saturated heterocycles. The van der Waals surface area contributed by atoms with Gasteiger partial charge in [0.05, 0.1) is 0 Å².